The minimum Gasteiger partial charge on any atom is -0.434 e. The summed E-state index contributed by atoms with van der Waals surface area (Å²) in [5.74, 6) is 0.729. The Kier molecular flexibility index (Phi) is 6.03. The van der Waals surface area contributed by atoms with E-state index in [1.165, 1.54) is 6.07 Å². The molecule has 0 fully saturated rings. The van der Waals surface area contributed by atoms with E-state index in [9.17, 15) is 8.78 Å². The van der Waals surface area contributed by atoms with Crippen molar-refractivity contribution >= 4 is 43.4 Å². The molecule has 1 N–H and O–H groups in total. The predicted molar refractivity (Wildman–Crippen MR) is 99.5 cm³/mol. The van der Waals surface area contributed by atoms with Crippen molar-refractivity contribution in [3.05, 3.63) is 57.0 Å². The van der Waals surface area contributed by atoms with Crippen molar-refractivity contribution in [2.45, 2.75) is 12.7 Å². The highest BCUT2D eigenvalue weighted by molar-refractivity contribution is 9.11. The van der Waals surface area contributed by atoms with Crippen LogP contribution in [0.1, 0.15) is 11.6 Å². The lowest BCUT2D eigenvalue weighted by atomic mass is 10.1. The van der Waals surface area contributed by atoms with E-state index in [0.29, 0.717) is 24.6 Å². The third kappa shape index (κ3) is 4.77. The smallest absolute Gasteiger partial charge is 0.387 e. The van der Waals surface area contributed by atoms with Gasteiger partial charge in [0.15, 0.2) is 0 Å². The highest BCUT2D eigenvalue weighted by Crippen LogP contribution is 2.31. The fourth-order valence-corrected chi connectivity index (χ4v) is 3.61. The molecule has 8 heteroatoms. The number of para-hydroxylation sites is 1. The summed E-state index contributed by atoms with van der Waals surface area (Å²) < 4.78 is 37.2. The first-order valence-corrected chi connectivity index (χ1v) is 9.02. The van der Waals surface area contributed by atoms with Crippen LogP contribution in [0.4, 0.5) is 14.5 Å². The van der Waals surface area contributed by atoms with Crippen LogP contribution in [0.25, 0.3) is 0 Å². The van der Waals surface area contributed by atoms with Gasteiger partial charge >= 0.3 is 6.61 Å². The van der Waals surface area contributed by atoms with Crippen LogP contribution in [0.15, 0.2) is 56.4 Å². The van der Waals surface area contributed by atoms with Crippen LogP contribution in [-0.2, 0) is 4.74 Å². The molecule has 2 aromatic rings. The van der Waals surface area contributed by atoms with Crippen LogP contribution in [0.3, 0.4) is 0 Å². The molecule has 25 heavy (non-hydrogen) atoms. The first kappa shape index (κ1) is 18.3. The summed E-state index contributed by atoms with van der Waals surface area (Å²) >= 11 is 6.88. The first-order valence-electron chi connectivity index (χ1n) is 7.43. The van der Waals surface area contributed by atoms with Gasteiger partial charge in [-0.05, 0) is 40.2 Å². The lowest BCUT2D eigenvalue weighted by Crippen LogP contribution is -2.27. The minimum absolute atomic E-state index is 0.112. The maximum atomic E-state index is 12.6. The van der Waals surface area contributed by atoms with Gasteiger partial charge in [-0.2, -0.15) is 8.78 Å². The normalized spacial score (nSPS) is 17.3. The van der Waals surface area contributed by atoms with Crippen LogP contribution in [0.2, 0.25) is 0 Å². The van der Waals surface area contributed by atoms with E-state index in [0.717, 1.165) is 14.6 Å². The average molecular weight is 476 g/mol. The Morgan fingerprint density at radius 3 is 2.76 bits per heavy atom. The standard InChI is InChI=1S/C17H14Br2F2N2O2/c18-10-5-6-13(12(19)7-10)22-16-9-24-8-14(23-16)11-3-1-2-4-15(11)25-17(20)21/h1-7,14,17H,8-9H2,(H,22,23)/t14-/m1/s1. The zero-order valence-electron chi connectivity index (χ0n) is 12.9. The van der Waals surface area contributed by atoms with Crippen LogP contribution < -0.4 is 10.1 Å². The number of benzene rings is 2. The molecular formula is C17H14Br2F2N2O2. The van der Waals surface area contributed by atoms with E-state index in [4.69, 9.17) is 4.74 Å². The topological polar surface area (TPSA) is 42.9 Å². The summed E-state index contributed by atoms with van der Waals surface area (Å²) in [6.07, 6.45) is 0. The van der Waals surface area contributed by atoms with Crippen LogP contribution in [-0.4, -0.2) is 25.7 Å². The third-order valence-corrected chi connectivity index (χ3v) is 4.68. The lowest BCUT2D eigenvalue weighted by molar-refractivity contribution is -0.0508. The lowest BCUT2D eigenvalue weighted by Gasteiger charge is -2.24. The van der Waals surface area contributed by atoms with Gasteiger partial charge in [0.2, 0.25) is 0 Å². The number of alkyl halides is 2. The number of hydrogen-bond donors (Lipinski definition) is 1. The van der Waals surface area contributed by atoms with Crippen LogP contribution >= 0.6 is 31.9 Å². The SMILES string of the molecule is FC(F)Oc1ccccc1[C@H]1COCC(Nc2ccc(Br)cc2Br)=N1. The van der Waals surface area contributed by atoms with Crippen molar-refractivity contribution in [1.29, 1.82) is 0 Å². The van der Waals surface area contributed by atoms with Gasteiger partial charge in [0, 0.05) is 14.5 Å². The molecule has 0 spiro atoms. The van der Waals surface area contributed by atoms with E-state index in [2.05, 4.69) is 46.9 Å². The molecule has 0 radical (unpaired) electrons. The molecule has 0 aromatic heterocycles. The second kappa shape index (κ2) is 8.25. The summed E-state index contributed by atoms with van der Waals surface area (Å²) in [7, 11) is 0. The molecule has 1 heterocycles. The molecule has 1 aliphatic heterocycles. The molecule has 1 aliphatic rings. The molecule has 0 amide bonds. The molecule has 0 bridgehead atoms. The maximum absolute atomic E-state index is 12.6. The Labute approximate surface area is 160 Å². The van der Waals surface area contributed by atoms with Crippen molar-refractivity contribution < 1.29 is 18.3 Å². The Morgan fingerprint density at radius 2 is 2.00 bits per heavy atom. The van der Waals surface area contributed by atoms with Gasteiger partial charge in [0.05, 0.1) is 12.3 Å². The van der Waals surface area contributed by atoms with Gasteiger partial charge in [-0.1, -0.05) is 34.1 Å². The summed E-state index contributed by atoms with van der Waals surface area (Å²) in [5.41, 5.74) is 1.40. The van der Waals surface area contributed by atoms with Gasteiger partial charge in [-0.25, -0.2) is 0 Å². The number of nitrogens with zero attached hydrogens (tertiary/aromatic N) is 1. The molecule has 132 valence electrons. The first-order chi connectivity index (χ1) is 12.0. The Balaban J connectivity index is 1.83. The zero-order valence-corrected chi connectivity index (χ0v) is 16.1. The fraction of sp³-hybridized carbons (Fsp3) is 0.235. The fourth-order valence-electron chi connectivity index (χ4n) is 2.46. The Morgan fingerprint density at radius 1 is 1.20 bits per heavy atom. The number of nitrogens with one attached hydrogen (secondary N) is 1. The molecule has 4 nitrogen and oxygen atoms in total. The van der Waals surface area contributed by atoms with Crippen molar-refractivity contribution in [2.75, 3.05) is 18.5 Å². The summed E-state index contributed by atoms with van der Waals surface area (Å²) in [6.45, 7) is -2.27. The van der Waals surface area contributed by atoms with E-state index in [1.54, 1.807) is 18.2 Å². The van der Waals surface area contributed by atoms with Gasteiger partial charge in [0.1, 0.15) is 24.2 Å². The second-order valence-electron chi connectivity index (χ2n) is 5.27. The van der Waals surface area contributed by atoms with Crippen LogP contribution in [0.5, 0.6) is 5.75 Å². The molecule has 0 aliphatic carbocycles. The molecule has 2 aromatic carbocycles. The summed E-state index contributed by atoms with van der Waals surface area (Å²) in [5, 5.41) is 3.20. The highest BCUT2D eigenvalue weighted by atomic mass is 79.9. The predicted octanol–water partition coefficient (Wildman–Crippen LogP) is 5.39. The molecule has 0 saturated carbocycles. The number of rotatable bonds is 4. The van der Waals surface area contributed by atoms with Crippen molar-refractivity contribution in [1.82, 2.24) is 0 Å². The van der Waals surface area contributed by atoms with Crippen molar-refractivity contribution in [2.24, 2.45) is 4.99 Å². The number of halogens is 4. The molecule has 1 atom stereocenters. The van der Waals surface area contributed by atoms with E-state index < -0.39 is 12.7 Å². The highest BCUT2D eigenvalue weighted by Gasteiger charge is 2.22. The number of anilines is 1. The zero-order chi connectivity index (χ0) is 17.8. The van der Waals surface area contributed by atoms with Crippen molar-refractivity contribution in [3.63, 3.8) is 0 Å². The summed E-state index contributed by atoms with van der Waals surface area (Å²) in [4.78, 5) is 4.60. The molecule has 0 saturated heterocycles. The number of aliphatic imine (C=N–C) groups is 1. The van der Waals surface area contributed by atoms with E-state index in [-0.39, 0.29) is 5.75 Å². The van der Waals surface area contributed by atoms with E-state index >= 15 is 0 Å². The molecular weight excluding hydrogens is 462 g/mol. The van der Waals surface area contributed by atoms with Crippen molar-refractivity contribution in [3.8, 4) is 5.75 Å². The number of hydrogen-bond acceptors (Lipinski definition) is 4. The Hall–Kier alpha value is -1.51. The summed E-state index contributed by atoms with van der Waals surface area (Å²) in [6, 6.07) is 11.9. The molecule has 0 unspecified atom stereocenters. The van der Waals surface area contributed by atoms with Gasteiger partial charge < -0.3 is 14.8 Å². The van der Waals surface area contributed by atoms with Gasteiger partial charge in [-0.3, -0.25) is 4.99 Å². The monoisotopic (exact) mass is 474 g/mol. The number of amidine groups is 1. The average Bonchev–Trinajstić information content (AvgIpc) is 2.58. The largest absolute Gasteiger partial charge is 0.434 e. The maximum Gasteiger partial charge on any atom is 0.387 e. The van der Waals surface area contributed by atoms with Crippen LogP contribution in [0, 0.1) is 0 Å². The molecule has 3 rings (SSSR count). The minimum atomic E-state index is -2.88. The van der Waals surface area contributed by atoms with E-state index in [1.807, 2.05) is 18.2 Å². The number of ether oxygens (including phenoxy) is 2. The third-order valence-electron chi connectivity index (χ3n) is 3.53. The Bertz CT molecular complexity index is 787. The second-order valence-corrected chi connectivity index (χ2v) is 7.04. The van der Waals surface area contributed by atoms with Gasteiger partial charge in [-0.15, -0.1) is 0 Å². The quantitative estimate of drug-likeness (QED) is 0.644. The van der Waals surface area contributed by atoms with Gasteiger partial charge in [0.25, 0.3) is 0 Å².